The standard InChI is InChI=1S/C30H32O9S/c1-18-11-13-23(14-12-18)40(33,34)39-26-24(37-29(32)25-20(3)15-19(2)16-21(25)4)17-36-30(35-5)27(26)38-28(31)22-9-7-6-8-10-22/h6-16,24,26-27,30H,17H2,1-5H3. The van der Waals surface area contributed by atoms with E-state index in [9.17, 15) is 18.0 Å². The van der Waals surface area contributed by atoms with E-state index in [2.05, 4.69) is 0 Å². The average Bonchev–Trinajstić information content (AvgIpc) is 2.90. The van der Waals surface area contributed by atoms with E-state index < -0.39 is 46.7 Å². The number of ether oxygens (including phenoxy) is 4. The van der Waals surface area contributed by atoms with Crippen LogP contribution in [-0.4, -0.2) is 58.7 Å². The number of methoxy groups -OCH3 is 1. The SMILES string of the molecule is COC1OCC(OC(=O)c2c(C)cc(C)cc2C)C(OS(=O)(=O)c2ccc(C)cc2)C1OC(=O)c1ccccc1. The molecule has 0 aliphatic carbocycles. The fourth-order valence-corrected chi connectivity index (χ4v) is 5.77. The van der Waals surface area contributed by atoms with Crippen molar-refractivity contribution in [1.82, 2.24) is 0 Å². The van der Waals surface area contributed by atoms with E-state index in [1.165, 1.54) is 19.2 Å². The molecule has 9 nitrogen and oxygen atoms in total. The third-order valence-electron chi connectivity index (χ3n) is 6.56. The molecule has 40 heavy (non-hydrogen) atoms. The van der Waals surface area contributed by atoms with Crippen LogP contribution < -0.4 is 0 Å². The molecule has 0 amide bonds. The lowest BCUT2D eigenvalue weighted by atomic mass is 9.99. The molecule has 0 bridgehead atoms. The first-order valence-corrected chi connectivity index (χ1v) is 14.1. The Morgan fingerprint density at radius 2 is 1.43 bits per heavy atom. The van der Waals surface area contributed by atoms with Crippen molar-refractivity contribution in [1.29, 1.82) is 0 Å². The Morgan fingerprint density at radius 3 is 2.02 bits per heavy atom. The second kappa shape index (κ2) is 12.3. The molecule has 10 heteroatoms. The van der Waals surface area contributed by atoms with Gasteiger partial charge in [0.25, 0.3) is 10.1 Å². The molecule has 212 valence electrons. The van der Waals surface area contributed by atoms with E-state index in [1.54, 1.807) is 56.3 Å². The molecule has 1 fully saturated rings. The molecule has 4 atom stereocenters. The Balaban J connectivity index is 1.70. The van der Waals surface area contributed by atoms with Gasteiger partial charge in [0.15, 0.2) is 24.6 Å². The van der Waals surface area contributed by atoms with Gasteiger partial charge in [-0.05, 0) is 63.1 Å². The molecule has 3 aromatic rings. The molecule has 0 N–H and O–H groups in total. The first kappa shape index (κ1) is 29.4. The van der Waals surface area contributed by atoms with Crippen molar-refractivity contribution < 1.29 is 41.1 Å². The Morgan fingerprint density at radius 1 is 0.800 bits per heavy atom. The predicted octanol–water partition coefficient (Wildman–Crippen LogP) is 4.45. The van der Waals surface area contributed by atoms with Gasteiger partial charge in [-0.3, -0.25) is 4.18 Å². The minimum atomic E-state index is -4.39. The third-order valence-corrected chi connectivity index (χ3v) is 7.88. The summed E-state index contributed by atoms with van der Waals surface area (Å²) in [5.41, 5.74) is 3.81. The number of rotatable bonds is 8. The molecule has 1 saturated heterocycles. The Kier molecular flexibility index (Phi) is 9.05. The summed E-state index contributed by atoms with van der Waals surface area (Å²) in [5.74, 6) is -1.44. The van der Waals surface area contributed by atoms with Crippen molar-refractivity contribution in [2.24, 2.45) is 0 Å². The maximum Gasteiger partial charge on any atom is 0.339 e. The maximum absolute atomic E-state index is 13.4. The quantitative estimate of drug-likeness (QED) is 0.287. The number of aryl methyl sites for hydroxylation is 4. The van der Waals surface area contributed by atoms with Crippen LogP contribution in [0.25, 0.3) is 0 Å². The highest BCUT2D eigenvalue weighted by molar-refractivity contribution is 7.86. The van der Waals surface area contributed by atoms with Gasteiger partial charge in [-0.25, -0.2) is 9.59 Å². The largest absolute Gasteiger partial charge is 0.453 e. The van der Waals surface area contributed by atoms with E-state index >= 15 is 0 Å². The lowest BCUT2D eigenvalue weighted by Gasteiger charge is -2.40. The summed E-state index contributed by atoms with van der Waals surface area (Å²) in [4.78, 5) is 26.3. The highest BCUT2D eigenvalue weighted by Gasteiger charge is 2.49. The molecule has 4 rings (SSSR count). The smallest absolute Gasteiger partial charge is 0.339 e. The molecular formula is C30H32O9S. The van der Waals surface area contributed by atoms with Crippen molar-refractivity contribution in [3.63, 3.8) is 0 Å². The monoisotopic (exact) mass is 568 g/mol. The molecule has 0 radical (unpaired) electrons. The summed E-state index contributed by atoms with van der Waals surface area (Å²) >= 11 is 0. The number of carbonyl (C=O) groups is 2. The van der Waals surface area contributed by atoms with Crippen molar-refractivity contribution in [3.8, 4) is 0 Å². The van der Waals surface area contributed by atoms with Gasteiger partial charge >= 0.3 is 11.9 Å². The maximum atomic E-state index is 13.4. The minimum Gasteiger partial charge on any atom is -0.453 e. The lowest BCUT2D eigenvalue weighted by Crippen LogP contribution is -2.58. The molecule has 1 aliphatic heterocycles. The zero-order valence-corrected chi connectivity index (χ0v) is 23.8. The second-order valence-electron chi connectivity index (χ2n) is 9.72. The Hall–Kier alpha value is -3.57. The number of esters is 2. The summed E-state index contributed by atoms with van der Waals surface area (Å²) < 4.78 is 55.0. The van der Waals surface area contributed by atoms with Crippen LogP contribution in [0.1, 0.15) is 43.0 Å². The van der Waals surface area contributed by atoms with Crippen LogP contribution in [0.4, 0.5) is 0 Å². The molecule has 0 saturated carbocycles. The van der Waals surface area contributed by atoms with Gasteiger partial charge in [0.05, 0.1) is 22.6 Å². The van der Waals surface area contributed by atoms with Gasteiger partial charge in [0.1, 0.15) is 0 Å². The molecular weight excluding hydrogens is 536 g/mol. The number of carbonyl (C=O) groups excluding carboxylic acids is 2. The topological polar surface area (TPSA) is 114 Å². The first-order chi connectivity index (χ1) is 19.0. The first-order valence-electron chi connectivity index (χ1n) is 12.7. The summed E-state index contributed by atoms with van der Waals surface area (Å²) in [6, 6.07) is 17.9. The predicted molar refractivity (Wildman–Crippen MR) is 145 cm³/mol. The fourth-order valence-electron chi connectivity index (χ4n) is 4.66. The van der Waals surface area contributed by atoms with Crippen LogP contribution in [-0.2, 0) is 33.2 Å². The molecule has 1 aliphatic rings. The van der Waals surface area contributed by atoms with E-state index in [0.29, 0.717) is 16.7 Å². The van der Waals surface area contributed by atoms with E-state index in [4.69, 9.17) is 23.1 Å². The van der Waals surface area contributed by atoms with E-state index in [0.717, 1.165) is 11.1 Å². The third kappa shape index (κ3) is 6.59. The highest BCUT2D eigenvalue weighted by atomic mass is 32.2. The van der Waals surface area contributed by atoms with Crippen LogP contribution in [0.5, 0.6) is 0 Å². The van der Waals surface area contributed by atoms with Gasteiger partial charge in [-0.2, -0.15) is 8.42 Å². The normalized spacial score (nSPS) is 21.0. The molecule has 0 spiro atoms. The van der Waals surface area contributed by atoms with E-state index in [-0.39, 0.29) is 17.1 Å². The van der Waals surface area contributed by atoms with Crippen LogP contribution in [0.2, 0.25) is 0 Å². The summed E-state index contributed by atoms with van der Waals surface area (Å²) in [7, 11) is -3.07. The van der Waals surface area contributed by atoms with Crippen molar-refractivity contribution in [3.05, 3.63) is 100 Å². The van der Waals surface area contributed by atoms with Gasteiger partial charge in [0, 0.05) is 7.11 Å². The molecule has 4 unspecified atom stereocenters. The Labute approximate surface area is 234 Å². The van der Waals surface area contributed by atoms with Gasteiger partial charge in [0.2, 0.25) is 0 Å². The van der Waals surface area contributed by atoms with Gasteiger partial charge in [-0.1, -0.05) is 53.6 Å². The van der Waals surface area contributed by atoms with Gasteiger partial charge < -0.3 is 18.9 Å². The lowest BCUT2D eigenvalue weighted by molar-refractivity contribution is -0.255. The zero-order valence-electron chi connectivity index (χ0n) is 22.9. The molecule has 0 aromatic heterocycles. The van der Waals surface area contributed by atoms with Gasteiger partial charge in [-0.15, -0.1) is 0 Å². The minimum absolute atomic E-state index is 0.109. The van der Waals surface area contributed by atoms with Crippen LogP contribution in [0.15, 0.2) is 71.6 Å². The number of hydrogen-bond acceptors (Lipinski definition) is 9. The highest BCUT2D eigenvalue weighted by Crippen LogP contribution is 2.30. The van der Waals surface area contributed by atoms with E-state index in [1.807, 2.05) is 26.0 Å². The van der Waals surface area contributed by atoms with Crippen molar-refractivity contribution in [2.45, 2.75) is 57.2 Å². The Bertz CT molecular complexity index is 1440. The summed E-state index contributed by atoms with van der Waals surface area (Å²) in [6.07, 6.45) is -5.33. The summed E-state index contributed by atoms with van der Waals surface area (Å²) in [6.45, 7) is 7.05. The fraction of sp³-hybridized carbons (Fsp3) is 0.333. The average molecular weight is 569 g/mol. The van der Waals surface area contributed by atoms with Crippen molar-refractivity contribution in [2.75, 3.05) is 13.7 Å². The number of hydrogen-bond donors (Lipinski definition) is 0. The summed E-state index contributed by atoms with van der Waals surface area (Å²) in [5, 5.41) is 0. The van der Waals surface area contributed by atoms with Crippen LogP contribution in [0, 0.1) is 27.7 Å². The zero-order chi connectivity index (χ0) is 29.0. The van der Waals surface area contributed by atoms with Crippen LogP contribution in [0.3, 0.4) is 0 Å². The van der Waals surface area contributed by atoms with Crippen molar-refractivity contribution >= 4 is 22.1 Å². The molecule has 1 heterocycles. The van der Waals surface area contributed by atoms with Crippen LogP contribution >= 0.6 is 0 Å². The molecule has 3 aromatic carbocycles. The number of benzene rings is 3. The second-order valence-corrected chi connectivity index (χ2v) is 11.3.